The maximum Gasteiger partial charge on any atom is 0.223 e. The van der Waals surface area contributed by atoms with E-state index in [1.54, 1.807) is 0 Å². The number of carbonyl (C=O) groups excluding carboxylic acids is 1. The zero-order chi connectivity index (χ0) is 16.5. The second kappa shape index (κ2) is 6.48. The molecule has 3 atom stereocenters. The van der Waals surface area contributed by atoms with Crippen LogP contribution >= 0.6 is 11.6 Å². The molecule has 1 saturated carbocycles. The van der Waals surface area contributed by atoms with Crippen molar-refractivity contribution in [3.05, 3.63) is 64.7 Å². The molecule has 1 N–H and O–H groups in total. The second-order valence-electron chi connectivity index (χ2n) is 6.70. The highest BCUT2D eigenvalue weighted by atomic mass is 35.5. The highest BCUT2D eigenvalue weighted by molar-refractivity contribution is 6.31. The number of amides is 1. The van der Waals surface area contributed by atoms with Crippen molar-refractivity contribution >= 4 is 17.5 Å². The zero-order valence-corrected chi connectivity index (χ0v) is 14.1. The number of halogens is 1. The van der Waals surface area contributed by atoms with E-state index in [1.165, 1.54) is 5.56 Å². The van der Waals surface area contributed by atoms with Gasteiger partial charge in [-0.15, -0.1) is 0 Å². The maximum absolute atomic E-state index is 12.4. The molecule has 4 heteroatoms. The molecule has 0 radical (unpaired) electrons. The third-order valence-corrected chi connectivity index (χ3v) is 5.30. The Morgan fingerprint density at radius 2 is 1.96 bits per heavy atom. The van der Waals surface area contributed by atoms with Crippen molar-refractivity contribution in [3.63, 3.8) is 0 Å². The molecule has 2 aliphatic rings. The van der Waals surface area contributed by atoms with Crippen LogP contribution < -0.4 is 10.1 Å². The van der Waals surface area contributed by atoms with Crippen LogP contribution in [-0.4, -0.2) is 19.1 Å². The zero-order valence-electron chi connectivity index (χ0n) is 13.4. The van der Waals surface area contributed by atoms with Gasteiger partial charge in [0.05, 0.1) is 6.61 Å². The lowest BCUT2D eigenvalue weighted by molar-refractivity contribution is -0.122. The molecule has 4 rings (SSSR count). The fraction of sp³-hybridized carbons (Fsp3) is 0.350. The molecule has 1 fully saturated rings. The number of fused-ring (bicyclic) bond motifs is 1. The molecule has 124 valence electrons. The van der Waals surface area contributed by atoms with Crippen LogP contribution in [0.1, 0.15) is 23.5 Å². The van der Waals surface area contributed by atoms with E-state index in [0.717, 1.165) is 29.2 Å². The molecule has 0 spiro atoms. The highest BCUT2D eigenvalue weighted by Crippen LogP contribution is 2.49. The van der Waals surface area contributed by atoms with Crippen molar-refractivity contribution in [1.29, 1.82) is 0 Å². The van der Waals surface area contributed by atoms with Crippen LogP contribution in [0, 0.1) is 11.8 Å². The maximum atomic E-state index is 12.4. The van der Waals surface area contributed by atoms with Gasteiger partial charge in [-0.05, 0) is 42.0 Å². The summed E-state index contributed by atoms with van der Waals surface area (Å²) in [6, 6.07) is 15.9. The summed E-state index contributed by atoms with van der Waals surface area (Å²) in [5.74, 6) is 1.77. The predicted molar refractivity (Wildman–Crippen MR) is 94.4 cm³/mol. The van der Waals surface area contributed by atoms with Crippen molar-refractivity contribution in [2.75, 3.05) is 13.2 Å². The Labute approximate surface area is 147 Å². The number of para-hydroxylation sites is 1. The summed E-state index contributed by atoms with van der Waals surface area (Å²) in [5, 5.41) is 3.86. The third kappa shape index (κ3) is 3.13. The van der Waals surface area contributed by atoms with Gasteiger partial charge in [-0.1, -0.05) is 48.0 Å². The van der Waals surface area contributed by atoms with E-state index < -0.39 is 0 Å². The number of nitrogens with one attached hydrogen (secondary N) is 1. The van der Waals surface area contributed by atoms with Crippen LogP contribution in [0.15, 0.2) is 48.5 Å². The van der Waals surface area contributed by atoms with Crippen molar-refractivity contribution in [2.45, 2.75) is 18.8 Å². The summed E-state index contributed by atoms with van der Waals surface area (Å²) in [5.41, 5.74) is 2.32. The van der Waals surface area contributed by atoms with Crippen molar-refractivity contribution in [1.82, 2.24) is 5.32 Å². The van der Waals surface area contributed by atoms with Crippen molar-refractivity contribution in [2.24, 2.45) is 11.8 Å². The first-order valence-electron chi connectivity index (χ1n) is 8.45. The molecular formula is C20H20ClNO2. The monoisotopic (exact) mass is 341 g/mol. The Hall–Kier alpha value is -2.00. The smallest absolute Gasteiger partial charge is 0.223 e. The van der Waals surface area contributed by atoms with Crippen LogP contribution in [0.5, 0.6) is 5.75 Å². The standard InChI is InChI=1S/C20H20ClNO2/c21-18-7-3-2-6-15(18)16-10-17(16)20(23)22-11-13-9-14-5-1-4-8-19(14)24-12-13/h1-8,13,16-17H,9-12H2,(H,22,23). The van der Waals surface area contributed by atoms with Gasteiger partial charge in [0.1, 0.15) is 5.75 Å². The van der Waals surface area contributed by atoms with Gasteiger partial charge >= 0.3 is 0 Å². The van der Waals surface area contributed by atoms with Gasteiger partial charge in [-0.3, -0.25) is 4.79 Å². The van der Waals surface area contributed by atoms with Gasteiger partial charge in [0.15, 0.2) is 0 Å². The summed E-state index contributed by atoms with van der Waals surface area (Å²) < 4.78 is 5.78. The average molecular weight is 342 g/mol. The fourth-order valence-corrected chi connectivity index (χ4v) is 3.78. The summed E-state index contributed by atoms with van der Waals surface area (Å²) in [6.45, 7) is 1.33. The topological polar surface area (TPSA) is 38.3 Å². The molecule has 1 heterocycles. The van der Waals surface area contributed by atoms with Crippen LogP contribution in [0.25, 0.3) is 0 Å². The number of benzene rings is 2. The largest absolute Gasteiger partial charge is 0.493 e. The predicted octanol–water partition coefficient (Wildman–Crippen LogP) is 3.81. The van der Waals surface area contributed by atoms with Gasteiger partial charge in [0.25, 0.3) is 0 Å². The number of carbonyl (C=O) groups is 1. The van der Waals surface area contributed by atoms with Gasteiger partial charge in [-0.2, -0.15) is 0 Å². The molecule has 3 unspecified atom stereocenters. The number of hydrogen-bond donors (Lipinski definition) is 1. The van der Waals surface area contributed by atoms with E-state index in [0.29, 0.717) is 19.1 Å². The quantitative estimate of drug-likeness (QED) is 0.918. The van der Waals surface area contributed by atoms with Gasteiger partial charge in [-0.25, -0.2) is 0 Å². The van der Waals surface area contributed by atoms with Gasteiger partial charge in [0, 0.05) is 23.4 Å². The van der Waals surface area contributed by atoms with E-state index in [1.807, 2.05) is 42.5 Å². The third-order valence-electron chi connectivity index (χ3n) is 4.95. The number of ether oxygens (including phenoxy) is 1. The van der Waals surface area contributed by atoms with Crippen LogP contribution in [-0.2, 0) is 11.2 Å². The normalized spacial score (nSPS) is 24.6. The highest BCUT2D eigenvalue weighted by Gasteiger charge is 2.44. The Morgan fingerprint density at radius 3 is 2.83 bits per heavy atom. The van der Waals surface area contributed by atoms with Gasteiger partial charge < -0.3 is 10.1 Å². The van der Waals surface area contributed by atoms with Crippen LogP contribution in [0.3, 0.4) is 0 Å². The lowest BCUT2D eigenvalue weighted by Crippen LogP contribution is -2.35. The molecule has 24 heavy (non-hydrogen) atoms. The Kier molecular flexibility index (Phi) is 4.19. The SMILES string of the molecule is O=C(NCC1COc2ccccc2C1)C1CC1c1ccccc1Cl. The minimum absolute atomic E-state index is 0.0571. The average Bonchev–Trinajstić information content (AvgIpc) is 3.40. The fourth-order valence-electron chi connectivity index (χ4n) is 3.50. The number of hydrogen-bond acceptors (Lipinski definition) is 2. The molecule has 0 saturated heterocycles. The lowest BCUT2D eigenvalue weighted by atomic mass is 9.96. The van der Waals surface area contributed by atoms with Crippen molar-refractivity contribution < 1.29 is 9.53 Å². The van der Waals surface area contributed by atoms with E-state index in [9.17, 15) is 4.79 Å². The van der Waals surface area contributed by atoms with Crippen LogP contribution in [0.2, 0.25) is 5.02 Å². The minimum atomic E-state index is 0.0571. The summed E-state index contributed by atoms with van der Waals surface area (Å²) in [4.78, 5) is 12.4. The van der Waals surface area contributed by atoms with Crippen LogP contribution in [0.4, 0.5) is 0 Å². The van der Waals surface area contributed by atoms with Crippen molar-refractivity contribution in [3.8, 4) is 5.75 Å². The first kappa shape index (κ1) is 15.5. The molecule has 3 nitrogen and oxygen atoms in total. The van der Waals surface area contributed by atoms with Gasteiger partial charge in [0.2, 0.25) is 5.91 Å². The molecule has 1 aliphatic heterocycles. The van der Waals surface area contributed by atoms with E-state index >= 15 is 0 Å². The molecule has 2 aromatic carbocycles. The molecule has 2 aromatic rings. The number of rotatable bonds is 4. The molecule has 1 aliphatic carbocycles. The van der Waals surface area contributed by atoms with E-state index in [4.69, 9.17) is 16.3 Å². The Bertz CT molecular complexity index is 761. The summed E-state index contributed by atoms with van der Waals surface area (Å²) in [7, 11) is 0. The second-order valence-corrected chi connectivity index (χ2v) is 7.11. The molecule has 0 bridgehead atoms. The Morgan fingerprint density at radius 1 is 1.17 bits per heavy atom. The first-order valence-corrected chi connectivity index (χ1v) is 8.83. The molecule has 0 aromatic heterocycles. The minimum Gasteiger partial charge on any atom is -0.493 e. The Balaban J connectivity index is 1.30. The summed E-state index contributed by atoms with van der Waals surface area (Å²) >= 11 is 6.23. The summed E-state index contributed by atoms with van der Waals surface area (Å²) in [6.07, 6.45) is 1.84. The molecule has 1 amide bonds. The van der Waals surface area contributed by atoms with E-state index in [-0.39, 0.29) is 17.7 Å². The molecular weight excluding hydrogens is 322 g/mol. The lowest BCUT2D eigenvalue weighted by Gasteiger charge is -2.25. The van der Waals surface area contributed by atoms with E-state index in [2.05, 4.69) is 11.4 Å². The first-order chi connectivity index (χ1) is 11.7.